The molecule has 78 valence electrons. The van der Waals surface area contributed by atoms with Crippen LogP contribution in [0.25, 0.3) is 0 Å². The van der Waals surface area contributed by atoms with Crippen LogP contribution in [0, 0.1) is 0 Å². The Labute approximate surface area is 84.0 Å². The molecule has 1 aromatic carbocycles. The van der Waals surface area contributed by atoms with Crippen molar-refractivity contribution in [1.29, 1.82) is 0 Å². The molecular formula is C11H16O3. The van der Waals surface area contributed by atoms with Gasteiger partial charge in [0.05, 0.1) is 6.61 Å². The zero-order valence-corrected chi connectivity index (χ0v) is 8.36. The van der Waals surface area contributed by atoms with Gasteiger partial charge in [0.15, 0.2) is 0 Å². The molecule has 0 saturated heterocycles. The monoisotopic (exact) mass is 196 g/mol. The molecule has 1 rings (SSSR count). The van der Waals surface area contributed by atoms with Crippen LogP contribution < -0.4 is 4.74 Å². The summed E-state index contributed by atoms with van der Waals surface area (Å²) in [7, 11) is 0. The first kappa shape index (κ1) is 10.9. The number of aliphatic hydroxyl groups is 1. The lowest BCUT2D eigenvalue weighted by Crippen LogP contribution is -1.98. The Balaban J connectivity index is 2.84. The van der Waals surface area contributed by atoms with Crippen LogP contribution in [-0.2, 0) is 6.42 Å². The maximum absolute atomic E-state index is 9.58. The number of ether oxygens (including phenoxy) is 1. The Morgan fingerprint density at radius 3 is 2.79 bits per heavy atom. The van der Waals surface area contributed by atoms with Crippen LogP contribution in [-0.4, -0.2) is 23.4 Å². The quantitative estimate of drug-likeness (QED) is 0.753. The van der Waals surface area contributed by atoms with Gasteiger partial charge in [-0.2, -0.15) is 0 Å². The lowest BCUT2D eigenvalue weighted by atomic mass is 10.1. The highest BCUT2D eigenvalue weighted by Gasteiger charge is 2.07. The van der Waals surface area contributed by atoms with E-state index < -0.39 is 0 Å². The highest BCUT2D eigenvalue weighted by Crippen LogP contribution is 2.28. The standard InChI is InChI=1S/C11H16O3/c1-2-14-11-7-3-6-10(13)9(11)5-4-8-12/h3,6-7,12-13H,2,4-5,8H2,1H3. The second-order valence-corrected chi connectivity index (χ2v) is 3.01. The zero-order chi connectivity index (χ0) is 10.4. The van der Waals surface area contributed by atoms with Crippen molar-refractivity contribution in [3.63, 3.8) is 0 Å². The van der Waals surface area contributed by atoms with Gasteiger partial charge in [0, 0.05) is 12.2 Å². The van der Waals surface area contributed by atoms with Crippen LogP contribution in [0.15, 0.2) is 18.2 Å². The van der Waals surface area contributed by atoms with Crippen molar-refractivity contribution in [2.45, 2.75) is 19.8 Å². The number of aliphatic hydroxyl groups excluding tert-OH is 1. The Kier molecular flexibility index (Phi) is 4.26. The number of benzene rings is 1. The Bertz CT molecular complexity index is 284. The van der Waals surface area contributed by atoms with Gasteiger partial charge in [0.1, 0.15) is 11.5 Å². The van der Waals surface area contributed by atoms with E-state index >= 15 is 0 Å². The number of rotatable bonds is 5. The van der Waals surface area contributed by atoms with E-state index in [2.05, 4.69) is 0 Å². The van der Waals surface area contributed by atoms with E-state index in [9.17, 15) is 5.11 Å². The largest absolute Gasteiger partial charge is 0.508 e. The van der Waals surface area contributed by atoms with Gasteiger partial charge >= 0.3 is 0 Å². The summed E-state index contributed by atoms with van der Waals surface area (Å²) in [6.07, 6.45) is 1.27. The van der Waals surface area contributed by atoms with E-state index in [4.69, 9.17) is 9.84 Å². The van der Waals surface area contributed by atoms with E-state index in [1.54, 1.807) is 12.1 Å². The van der Waals surface area contributed by atoms with Gasteiger partial charge in [0.2, 0.25) is 0 Å². The molecule has 0 unspecified atom stereocenters. The third kappa shape index (κ3) is 2.64. The van der Waals surface area contributed by atoms with Crippen molar-refractivity contribution >= 4 is 0 Å². The number of phenols is 1. The first-order valence-corrected chi connectivity index (χ1v) is 4.84. The van der Waals surface area contributed by atoms with Gasteiger partial charge in [0.25, 0.3) is 0 Å². The molecule has 0 aliphatic carbocycles. The maximum atomic E-state index is 9.58. The van der Waals surface area contributed by atoms with E-state index in [0.29, 0.717) is 25.2 Å². The van der Waals surface area contributed by atoms with Crippen LogP contribution in [0.3, 0.4) is 0 Å². The second-order valence-electron chi connectivity index (χ2n) is 3.01. The molecule has 3 nitrogen and oxygen atoms in total. The summed E-state index contributed by atoms with van der Waals surface area (Å²) in [5.74, 6) is 0.949. The molecule has 0 heterocycles. The molecule has 0 aromatic heterocycles. The Hall–Kier alpha value is -1.22. The van der Waals surface area contributed by atoms with Crippen molar-refractivity contribution in [3.8, 4) is 11.5 Å². The van der Waals surface area contributed by atoms with Crippen molar-refractivity contribution in [3.05, 3.63) is 23.8 Å². The fraction of sp³-hybridized carbons (Fsp3) is 0.455. The van der Waals surface area contributed by atoms with Gasteiger partial charge in [-0.1, -0.05) is 6.07 Å². The fourth-order valence-electron chi connectivity index (χ4n) is 1.35. The molecule has 0 spiro atoms. The first-order valence-electron chi connectivity index (χ1n) is 4.84. The Morgan fingerprint density at radius 2 is 2.14 bits per heavy atom. The molecule has 0 amide bonds. The van der Waals surface area contributed by atoms with Gasteiger partial charge in [-0.25, -0.2) is 0 Å². The summed E-state index contributed by atoms with van der Waals surface area (Å²) in [6, 6.07) is 5.22. The molecule has 14 heavy (non-hydrogen) atoms. The van der Waals surface area contributed by atoms with Crippen LogP contribution >= 0.6 is 0 Å². The average Bonchev–Trinajstić information content (AvgIpc) is 2.18. The molecule has 1 aromatic rings. The Morgan fingerprint density at radius 1 is 1.36 bits per heavy atom. The molecule has 3 heteroatoms. The first-order chi connectivity index (χ1) is 6.79. The molecule has 0 saturated carbocycles. The highest BCUT2D eigenvalue weighted by atomic mass is 16.5. The molecule has 0 aliphatic heterocycles. The minimum Gasteiger partial charge on any atom is -0.508 e. The lowest BCUT2D eigenvalue weighted by Gasteiger charge is -2.10. The van der Waals surface area contributed by atoms with Crippen LogP contribution in [0.1, 0.15) is 18.9 Å². The van der Waals surface area contributed by atoms with E-state index in [1.807, 2.05) is 13.0 Å². The topological polar surface area (TPSA) is 49.7 Å². The lowest BCUT2D eigenvalue weighted by molar-refractivity contribution is 0.285. The van der Waals surface area contributed by atoms with Crippen LogP contribution in [0.2, 0.25) is 0 Å². The van der Waals surface area contributed by atoms with Gasteiger partial charge in [-0.15, -0.1) is 0 Å². The molecule has 0 atom stereocenters. The predicted molar refractivity (Wildman–Crippen MR) is 54.7 cm³/mol. The number of hydrogen-bond acceptors (Lipinski definition) is 3. The van der Waals surface area contributed by atoms with Crippen molar-refractivity contribution in [1.82, 2.24) is 0 Å². The van der Waals surface area contributed by atoms with Gasteiger partial charge in [-0.05, 0) is 31.9 Å². The average molecular weight is 196 g/mol. The van der Waals surface area contributed by atoms with E-state index in [1.165, 1.54) is 0 Å². The molecule has 0 bridgehead atoms. The van der Waals surface area contributed by atoms with E-state index in [-0.39, 0.29) is 12.4 Å². The van der Waals surface area contributed by atoms with E-state index in [0.717, 1.165) is 5.56 Å². The smallest absolute Gasteiger partial charge is 0.126 e. The zero-order valence-electron chi connectivity index (χ0n) is 8.36. The number of hydrogen-bond donors (Lipinski definition) is 2. The molecule has 0 fully saturated rings. The second kappa shape index (κ2) is 5.50. The third-order valence-corrected chi connectivity index (χ3v) is 1.99. The maximum Gasteiger partial charge on any atom is 0.126 e. The van der Waals surface area contributed by atoms with Gasteiger partial charge < -0.3 is 14.9 Å². The minimum atomic E-state index is 0.125. The number of aromatic hydroxyl groups is 1. The third-order valence-electron chi connectivity index (χ3n) is 1.99. The summed E-state index contributed by atoms with van der Waals surface area (Å²) < 4.78 is 5.37. The minimum absolute atomic E-state index is 0.125. The molecule has 0 radical (unpaired) electrons. The van der Waals surface area contributed by atoms with Crippen LogP contribution in [0.5, 0.6) is 11.5 Å². The predicted octanol–water partition coefficient (Wildman–Crippen LogP) is 1.72. The highest BCUT2D eigenvalue weighted by molar-refractivity contribution is 5.43. The summed E-state index contributed by atoms with van der Waals surface area (Å²) in [5, 5.41) is 18.3. The normalized spacial score (nSPS) is 10.1. The van der Waals surface area contributed by atoms with Crippen LogP contribution in [0.4, 0.5) is 0 Å². The van der Waals surface area contributed by atoms with Gasteiger partial charge in [-0.3, -0.25) is 0 Å². The summed E-state index contributed by atoms with van der Waals surface area (Å²) in [5.41, 5.74) is 0.781. The number of phenolic OH excluding ortho intramolecular Hbond substituents is 1. The molecular weight excluding hydrogens is 180 g/mol. The van der Waals surface area contributed by atoms with Crippen molar-refractivity contribution in [2.24, 2.45) is 0 Å². The summed E-state index contributed by atoms with van der Waals surface area (Å²) in [6.45, 7) is 2.61. The molecule has 2 N–H and O–H groups in total. The fourth-order valence-corrected chi connectivity index (χ4v) is 1.35. The SMILES string of the molecule is CCOc1cccc(O)c1CCCO. The van der Waals surface area contributed by atoms with Crippen molar-refractivity contribution in [2.75, 3.05) is 13.2 Å². The summed E-state index contributed by atoms with van der Waals surface area (Å²) >= 11 is 0. The summed E-state index contributed by atoms with van der Waals surface area (Å²) in [4.78, 5) is 0. The molecule has 0 aliphatic rings. The van der Waals surface area contributed by atoms with Crippen molar-refractivity contribution < 1.29 is 14.9 Å².